The lowest BCUT2D eigenvalue weighted by atomic mass is 10.2. The molecule has 2 aliphatic rings. The van der Waals surface area contributed by atoms with Gasteiger partial charge in [0.2, 0.25) is 5.91 Å². The Labute approximate surface area is 225 Å². The molecule has 0 unspecified atom stereocenters. The molecule has 2 aromatic rings. The molecule has 35 heavy (non-hydrogen) atoms. The summed E-state index contributed by atoms with van der Waals surface area (Å²) in [4.78, 5) is 40.3. The van der Waals surface area contributed by atoms with Crippen LogP contribution in [-0.2, 0) is 20.9 Å². The number of hydrogen-bond donors (Lipinski definition) is 0. The van der Waals surface area contributed by atoms with Gasteiger partial charge in [0.05, 0.1) is 38.2 Å². The van der Waals surface area contributed by atoms with Crippen molar-refractivity contribution in [3.63, 3.8) is 0 Å². The van der Waals surface area contributed by atoms with Gasteiger partial charge >= 0.3 is 0 Å². The van der Waals surface area contributed by atoms with Gasteiger partial charge in [0.15, 0.2) is 5.75 Å². The Bertz CT molecular complexity index is 1190. The molecular formula is C23H18Cl4N2O5S. The number of ether oxygens (including phenoxy) is 2. The summed E-state index contributed by atoms with van der Waals surface area (Å²) in [5, 5.41) is 0.782. The van der Waals surface area contributed by atoms with Gasteiger partial charge in [-0.25, -0.2) is 0 Å². The van der Waals surface area contributed by atoms with Crippen molar-refractivity contribution in [2.75, 3.05) is 32.8 Å². The molecule has 3 amide bonds. The quantitative estimate of drug-likeness (QED) is 0.407. The minimum atomic E-state index is -0.547. The molecule has 184 valence electrons. The number of nitrogens with zero attached hydrogens (tertiary/aromatic N) is 2. The highest BCUT2D eigenvalue weighted by Crippen LogP contribution is 2.38. The maximum absolute atomic E-state index is 12.8. The number of amides is 3. The zero-order chi connectivity index (χ0) is 25.1. The van der Waals surface area contributed by atoms with Crippen LogP contribution in [0.2, 0.25) is 20.1 Å². The van der Waals surface area contributed by atoms with Crippen molar-refractivity contribution in [3.8, 4) is 5.75 Å². The first-order valence-electron chi connectivity index (χ1n) is 10.4. The van der Waals surface area contributed by atoms with Crippen LogP contribution in [0.4, 0.5) is 4.79 Å². The standard InChI is InChI=1S/C23H18Cl4N2O5S/c24-15-2-1-13(7-16(15)25)12-34-21-17(26)8-14(9-18(21)27)10-19-22(31)29(23(32)35-19)11-20(30)28-3-5-33-6-4-28/h1-2,7-10H,3-6,11-12H2/b19-10-. The number of morpholine rings is 1. The molecule has 0 saturated carbocycles. The number of benzene rings is 2. The number of carbonyl (C=O) groups is 3. The Morgan fingerprint density at radius 3 is 2.34 bits per heavy atom. The molecule has 2 saturated heterocycles. The lowest BCUT2D eigenvalue weighted by molar-refractivity contribution is -0.139. The summed E-state index contributed by atoms with van der Waals surface area (Å²) in [5.74, 6) is -0.582. The average Bonchev–Trinajstić information content (AvgIpc) is 3.08. The second-order valence-corrected chi connectivity index (χ2v) is 10.2. The van der Waals surface area contributed by atoms with E-state index in [1.165, 1.54) is 6.08 Å². The van der Waals surface area contributed by atoms with Crippen LogP contribution in [0.5, 0.6) is 5.75 Å². The lowest BCUT2D eigenvalue weighted by Crippen LogP contribution is -2.46. The van der Waals surface area contributed by atoms with Gasteiger partial charge in [0.1, 0.15) is 13.2 Å². The Balaban J connectivity index is 1.45. The van der Waals surface area contributed by atoms with E-state index in [4.69, 9.17) is 55.9 Å². The van der Waals surface area contributed by atoms with Gasteiger partial charge in [-0.05, 0) is 53.2 Å². The topological polar surface area (TPSA) is 76.2 Å². The van der Waals surface area contributed by atoms with Gasteiger partial charge in [-0.1, -0.05) is 52.5 Å². The molecule has 0 radical (unpaired) electrons. The van der Waals surface area contributed by atoms with Crippen LogP contribution in [0.3, 0.4) is 0 Å². The summed E-state index contributed by atoms with van der Waals surface area (Å²) in [6.07, 6.45) is 1.50. The maximum atomic E-state index is 12.8. The number of hydrogen-bond acceptors (Lipinski definition) is 6. The smallest absolute Gasteiger partial charge is 0.294 e. The zero-order valence-corrected chi connectivity index (χ0v) is 21.9. The van der Waals surface area contributed by atoms with Gasteiger partial charge < -0.3 is 14.4 Å². The number of carbonyl (C=O) groups excluding carboxylic acids is 3. The van der Waals surface area contributed by atoms with Gasteiger partial charge in [-0.15, -0.1) is 0 Å². The first-order valence-corrected chi connectivity index (χ1v) is 12.7. The second kappa shape index (κ2) is 11.4. The van der Waals surface area contributed by atoms with E-state index in [0.29, 0.717) is 41.9 Å². The van der Waals surface area contributed by atoms with Crippen molar-refractivity contribution in [2.24, 2.45) is 0 Å². The Kier molecular flexibility index (Phi) is 8.52. The number of halogens is 4. The molecule has 0 aliphatic carbocycles. The van der Waals surface area contributed by atoms with Gasteiger partial charge in [0, 0.05) is 13.1 Å². The fourth-order valence-electron chi connectivity index (χ4n) is 3.42. The lowest BCUT2D eigenvalue weighted by Gasteiger charge is -2.28. The molecule has 2 aliphatic heterocycles. The van der Waals surface area contributed by atoms with Crippen molar-refractivity contribution >= 4 is 81.3 Å². The third kappa shape index (κ3) is 6.25. The highest BCUT2D eigenvalue weighted by atomic mass is 35.5. The van der Waals surface area contributed by atoms with E-state index in [2.05, 4.69) is 0 Å². The van der Waals surface area contributed by atoms with E-state index >= 15 is 0 Å². The molecule has 0 atom stereocenters. The maximum Gasteiger partial charge on any atom is 0.294 e. The van der Waals surface area contributed by atoms with Crippen LogP contribution in [-0.4, -0.2) is 59.7 Å². The monoisotopic (exact) mass is 574 g/mol. The first-order chi connectivity index (χ1) is 16.7. The predicted octanol–water partition coefficient (Wildman–Crippen LogP) is 5.77. The summed E-state index contributed by atoms with van der Waals surface area (Å²) in [6, 6.07) is 8.26. The number of imide groups is 1. The number of thioether (sulfide) groups is 1. The van der Waals surface area contributed by atoms with Crippen molar-refractivity contribution in [1.82, 2.24) is 9.80 Å². The fraction of sp³-hybridized carbons (Fsp3) is 0.261. The van der Waals surface area contributed by atoms with Crippen LogP contribution in [0.1, 0.15) is 11.1 Å². The third-order valence-corrected chi connectivity index (χ3v) is 7.42. The summed E-state index contributed by atoms with van der Waals surface area (Å²) < 4.78 is 11.0. The fourth-order valence-corrected chi connectivity index (χ4v) is 5.19. The highest BCUT2D eigenvalue weighted by Gasteiger charge is 2.37. The summed E-state index contributed by atoms with van der Waals surface area (Å²) >= 11 is 25.5. The van der Waals surface area contributed by atoms with Crippen molar-refractivity contribution < 1.29 is 23.9 Å². The van der Waals surface area contributed by atoms with E-state index in [-0.39, 0.29) is 39.8 Å². The normalized spacial score (nSPS) is 17.4. The van der Waals surface area contributed by atoms with Crippen LogP contribution >= 0.6 is 58.2 Å². The summed E-state index contributed by atoms with van der Waals surface area (Å²) in [6.45, 7) is 1.57. The molecule has 0 N–H and O–H groups in total. The zero-order valence-electron chi connectivity index (χ0n) is 18.1. The summed E-state index contributed by atoms with van der Waals surface area (Å²) in [5.41, 5.74) is 1.28. The van der Waals surface area contributed by atoms with Crippen LogP contribution < -0.4 is 4.74 Å². The van der Waals surface area contributed by atoms with Crippen LogP contribution in [0.15, 0.2) is 35.2 Å². The second-order valence-electron chi connectivity index (χ2n) is 7.61. The van der Waals surface area contributed by atoms with Crippen molar-refractivity contribution in [2.45, 2.75) is 6.61 Å². The van der Waals surface area contributed by atoms with Crippen molar-refractivity contribution in [3.05, 3.63) is 66.5 Å². The van der Waals surface area contributed by atoms with Crippen LogP contribution in [0, 0.1) is 0 Å². The third-order valence-electron chi connectivity index (χ3n) is 5.22. The molecular weight excluding hydrogens is 558 g/mol. The first kappa shape index (κ1) is 26.1. The molecule has 0 bridgehead atoms. The predicted molar refractivity (Wildman–Crippen MR) is 137 cm³/mol. The Hall–Kier alpha value is -1.94. The molecule has 0 aromatic heterocycles. The minimum Gasteiger partial charge on any atom is -0.486 e. The van der Waals surface area contributed by atoms with Crippen molar-refractivity contribution in [1.29, 1.82) is 0 Å². The van der Waals surface area contributed by atoms with Gasteiger partial charge in [-0.3, -0.25) is 19.3 Å². The van der Waals surface area contributed by atoms with Gasteiger partial charge in [-0.2, -0.15) is 0 Å². The summed E-state index contributed by atoms with van der Waals surface area (Å²) in [7, 11) is 0. The molecule has 0 spiro atoms. The van der Waals surface area contributed by atoms with E-state index < -0.39 is 11.1 Å². The SMILES string of the molecule is O=C(CN1C(=O)S/C(=C\c2cc(Cl)c(OCc3ccc(Cl)c(Cl)c3)c(Cl)c2)C1=O)N1CCOCC1. The minimum absolute atomic E-state index is 0.158. The molecule has 2 heterocycles. The molecule has 2 aromatic carbocycles. The van der Waals surface area contributed by atoms with E-state index in [1.54, 1.807) is 35.2 Å². The van der Waals surface area contributed by atoms with Crippen LogP contribution in [0.25, 0.3) is 6.08 Å². The molecule has 4 rings (SSSR count). The molecule has 12 heteroatoms. The van der Waals surface area contributed by atoms with E-state index in [9.17, 15) is 14.4 Å². The van der Waals surface area contributed by atoms with E-state index in [1.807, 2.05) is 0 Å². The molecule has 7 nitrogen and oxygen atoms in total. The highest BCUT2D eigenvalue weighted by molar-refractivity contribution is 8.18. The average molecular weight is 576 g/mol. The Morgan fingerprint density at radius 2 is 1.69 bits per heavy atom. The van der Waals surface area contributed by atoms with E-state index in [0.717, 1.165) is 22.2 Å². The largest absolute Gasteiger partial charge is 0.486 e. The van der Waals surface area contributed by atoms with Gasteiger partial charge in [0.25, 0.3) is 11.1 Å². The Morgan fingerprint density at radius 1 is 1.00 bits per heavy atom. The number of rotatable bonds is 6. The molecule has 2 fully saturated rings.